The number of aliphatic carboxylic acids is 1. The normalized spacial score (nSPS) is 12.1. The maximum Gasteiger partial charge on any atom is 0.307 e. The van der Waals surface area contributed by atoms with Crippen molar-refractivity contribution in [3.05, 3.63) is 48.0 Å². The summed E-state index contributed by atoms with van der Waals surface area (Å²) in [6.45, 7) is 0. The number of methoxy groups -OCH3 is 1. The lowest BCUT2D eigenvalue weighted by Gasteiger charge is -2.11. The number of hydrogen-bond donors (Lipinski definition) is 1. The molecule has 0 radical (unpaired) electrons. The van der Waals surface area contributed by atoms with Crippen molar-refractivity contribution < 1.29 is 19.4 Å². The molecule has 0 aliphatic carbocycles. The Kier molecular flexibility index (Phi) is 4.35. The second kappa shape index (κ2) is 6.19. The van der Waals surface area contributed by atoms with Gasteiger partial charge in [0, 0.05) is 0 Å². The van der Waals surface area contributed by atoms with Crippen molar-refractivity contribution >= 4 is 22.7 Å². The van der Waals surface area contributed by atoms with Crippen LogP contribution in [0.5, 0.6) is 0 Å². The molecule has 0 aromatic heterocycles. The van der Waals surface area contributed by atoms with Crippen molar-refractivity contribution in [1.82, 2.24) is 0 Å². The SMILES string of the molecule is COC(=O)CC(Cc1ccc2ccccc2c1)C(=O)O. The van der Waals surface area contributed by atoms with E-state index < -0.39 is 17.9 Å². The summed E-state index contributed by atoms with van der Waals surface area (Å²) >= 11 is 0. The van der Waals surface area contributed by atoms with Crippen molar-refractivity contribution in [2.24, 2.45) is 5.92 Å². The van der Waals surface area contributed by atoms with E-state index >= 15 is 0 Å². The largest absolute Gasteiger partial charge is 0.481 e. The number of rotatable bonds is 5. The number of benzene rings is 2. The molecule has 2 rings (SSSR count). The van der Waals surface area contributed by atoms with Gasteiger partial charge in [-0.1, -0.05) is 42.5 Å². The number of esters is 1. The van der Waals surface area contributed by atoms with Crippen LogP contribution in [-0.2, 0) is 20.7 Å². The molecule has 4 heteroatoms. The van der Waals surface area contributed by atoms with Crippen LogP contribution in [0.2, 0.25) is 0 Å². The van der Waals surface area contributed by atoms with E-state index in [0.717, 1.165) is 16.3 Å². The molecule has 2 aromatic carbocycles. The molecule has 0 aliphatic rings. The molecular formula is C16H16O4. The molecule has 0 aliphatic heterocycles. The van der Waals surface area contributed by atoms with Crippen LogP contribution in [0, 0.1) is 5.92 Å². The number of ether oxygens (including phenoxy) is 1. The minimum absolute atomic E-state index is 0.112. The summed E-state index contributed by atoms with van der Waals surface area (Å²) in [6.07, 6.45) is 0.202. The number of hydrogen-bond acceptors (Lipinski definition) is 3. The number of carboxylic acids is 1. The highest BCUT2D eigenvalue weighted by Gasteiger charge is 2.22. The number of carbonyl (C=O) groups excluding carboxylic acids is 1. The molecular weight excluding hydrogens is 256 g/mol. The average molecular weight is 272 g/mol. The van der Waals surface area contributed by atoms with E-state index in [-0.39, 0.29) is 6.42 Å². The Hall–Kier alpha value is -2.36. The van der Waals surface area contributed by atoms with E-state index in [2.05, 4.69) is 4.74 Å². The van der Waals surface area contributed by atoms with Gasteiger partial charge in [-0.25, -0.2) is 0 Å². The van der Waals surface area contributed by atoms with E-state index in [1.165, 1.54) is 7.11 Å². The van der Waals surface area contributed by atoms with Gasteiger partial charge >= 0.3 is 11.9 Å². The van der Waals surface area contributed by atoms with Gasteiger partial charge in [-0.3, -0.25) is 9.59 Å². The first-order chi connectivity index (χ1) is 9.60. The molecule has 0 amide bonds. The van der Waals surface area contributed by atoms with Gasteiger partial charge in [0.1, 0.15) is 0 Å². The Bertz CT molecular complexity index is 633. The maximum absolute atomic E-state index is 11.2. The quantitative estimate of drug-likeness (QED) is 0.850. The van der Waals surface area contributed by atoms with E-state index in [0.29, 0.717) is 6.42 Å². The molecule has 0 saturated carbocycles. The Morgan fingerprint density at radius 2 is 1.85 bits per heavy atom. The van der Waals surface area contributed by atoms with Gasteiger partial charge in [0.2, 0.25) is 0 Å². The third kappa shape index (κ3) is 3.35. The molecule has 0 fully saturated rings. The van der Waals surface area contributed by atoms with Crippen LogP contribution >= 0.6 is 0 Å². The maximum atomic E-state index is 11.2. The first kappa shape index (κ1) is 14.1. The summed E-state index contributed by atoms with van der Waals surface area (Å²) in [4.78, 5) is 22.5. The highest BCUT2D eigenvalue weighted by atomic mass is 16.5. The standard InChI is InChI=1S/C16H16O4/c1-20-15(17)10-14(16(18)19)9-11-6-7-12-4-2-3-5-13(12)8-11/h2-8,14H,9-10H2,1H3,(H,18,19). The van der Waals surface area contributed by atoms with Crippen LogP contribution < -0.4 is 0 Å². The van der Waals surface area contributed by atoms with E-state index in [4.69, 9.17) is 0 Å². The second-order valence-electron chi connectivity index (χ2n) is 4.70. The topological polar surface area (TPSA) is 63.6 Å². The van der Waals surface area contributed by atoms with Crippen molar-refractivity contribution in [2.45, 2.75) is 12.8 Å². The third-order valence-electron chi connectivity index (χ3n) is 3.29. The van der Waals surface area contributed by atoms with Crippen molar-refractivity contribution in [1.29, 1.82) is 0 Å². The molecule has 1 unspecified atom stereocenters. The number of carbonyl (C=O) groups is 2. The van der Waals surface area contributed by atoms with Gasteiger partial charge in [-0.2, -0.15) is 0 Å². The summed E-state index contributed by atoms with van der Waals surface area (Å²) in [5.41, 5.74) is 0.903. The number of fused-ring (bicyclic) bond motifs is 1. The van der Waals surface area contributed by atoms with Gasteiger partial charge in [0.25, 0.3) is 0 Å². The van der Waals surface area contributed by atoms with Gasteiger partial charge in [0.05, 0.1) is 19.4 Å². The number of carboxylic acid groups (broad SMARTS) is 1. The zero-order valence-electron chi connectivity index (χ0n) is 11.2. The third-order valence-corrected chi connectivity index (χ3v) is 3.29. The monoisotopic (exact) mass is 272 g/mol. The lowest BCUT2D eigenvalue weighted by atomic mass is 9.95. The Morgan fingerprint density at radius 1 is 1.15 bits per heavy atom. The molecule has 1 atom stereocenters. The first-order valence-corrected chi connectivity index (χ1v) is 6.37. The van der Waals surface area contributed by atoms with E-state index in [1.54, 1.807) is 0 Å². The second-order valence-corrected chi connectivity index (χ2v) is 4.70. The molecule has 20 heavy (non-hydrogen) atoms. The zero-order chi connectivity index (χ0) is 14.5. The Balaban J connectivity index is 2.19. The summed E-state index contributed by atoms with van der Waals surface area (Å²) in [6, 6.07) is 13.7. The highest BCUT2D eigenvalue weighted by Crippen LogP contribution is 2.19. The fourth-order valence-electron chi connectivity index (χ4n) is 2.18. The Labute approximate surface area is 117 Å². The summed E-state index contributed by atoms with van der Waals surface area (Å²) < 4.78 is 4.54. The minimum Gasteiger partial charge on any atom is -0.481 e. The molecule has 2 aromatic rings. The molecule has 0 heterocycles. The molecule has 1 N–H and O–H groups in total. The first-order valence-electron chi connectivity index (χ1n) is 6.37. The summed E-state index contributed by atoms with van der Waals surface area (Å²) in [5, 5.41) is 11.4. The van der Waals surface area contributed by atoms with Gasteiger partial charge in [-0.15, -0.1) is 0 Å². The van der Waals surface area contributed by atoms with Gasteiger partial charge in [-0.05, 0) is 22.8 Å². The molecule has 104 valence electrons. The molecule has 4 nitrogen and oxygen atoms in total. The highest BCUT2D eigenvalue weighted by molar-refractivity contribution is 5.83. The average Bonchev–Trinajstić information content (AvgIpc) is 2.46. The van der Waals surface area contributed by atoms with Crippen LogP contribution in [0.3, 0.4) is 0 Å². The minimum atomic E-state index is -0.983. The van der Waals surface area contributed by atoms with E-state index in [1.807, 2.05) is 42.5 Å². The van der Waals surface area contributed by atoms with Crippen LogP contribution in [0.15, 0.2) is 42.5 Å². The molecule has 0 saturated heterocycles. The lowest BCUT2D eigenvalue weighted by molar-refractivity contribution is -0.149. The van der Waals surface area contributed by atoms with Crippen molar-refractivity contribution in [3.63, 3.8) is 0 Å². The van der Waals surface area contributed by atoms with Crippen molar-refractivity contribution in [2.75, 3.05) is 7.11 Å². The Morgan fingerprint density at radius 3 is 2.50 bits per heavy atom. The predicted octanol–water partition coefficient (Wildman–Crippen LogP) is 2.65. The summed E-state index contributed by atoms with van der Waals surface area (Å²) in [7, 11) is 1.26. The molecule has 0 spiro atoms. The van der Waals surface area contributed by atoms with Crippen LogP contribution in [0.1, 0.15) is 12.0 Å². The van der Waals surface area contributed by atoms with Crippen molar-refractivity contribution in [3.8, 4) is 0 Å². The zero-order valence-corrected chi connectivity index (χ0v) is 11.2. The summed E-state index contributed by atoms with van der Waals surface area (Å²) in [5.74, 6) is -2.25. The van der Waals surface area contributed by atoms with Gasteiger partial charge in [0.15, 0.2) is 0 Å². The predicted molar refractivity (Wildman–Crippen MR) is 75.4 cm³/mol. The van der Waals surface area contributed by atoms with E-state index in [9.17, 15) is 14.7 Å². The van der Waals surface area contributed by atoms with Crippen LogP contribution in [0.25, 0.3) is 10.8 Å². The van der Waals surface area contributed by atoms with Crippen LogP contribution in [0.4, 0.5) is 0 Å². The fourth-order valence-corrected chi connectivity index (χ4v) is 2.18. The van der Waals surface area contributed by atoms with Gasteiger partial charge < -0.3 is 9.84 Å². The molecule has 0 bridgehead atoms. The van der Waals surface area contributed by atoms with Crippen LogP contribution in [-0.4, -0.2) is 24.2 Å². The smallest absolute Gasteiger partial charge is 0.307 e. The fraction of sp³-hybridized carbons (Fsp3) is 0.250. The lowest BCUT2D eigenvalue weighted by Crippen LogP contribution is -2.21.